The molecule has 0 bridgehead atoms. The number of nitrogen functional groups attached to an aromatic ring is 1. The van der Waals surface area contributed by atoms with Crippen molar-refractivity contribution in [2.45, 2.75) is 6.92 Å². The molecular weight excluding hydrogens is 234 g/mol. The van der Waals surface area contributed by atoms with Gasteiger partial charge in [-0.3, -0.25) is 0 Å². The molecule has 1 aromatic heterocycles. The molecule has 0 atom stereocenters. The van der Waals surface area contributed by atoms with Gasteiger partial charge in [0.15, 0.2) is 0 Å². The first-order chi connectivity index (χ1) is 8.56. The summed E-state index contributed by atoms with van der Waals surface area (Å²) < 4.78 is 0. The minimum absolute atomic E-state index is 0.125. The molecule has 0 saturated carbocycles. The zero-order chi connectivity index (χ0) is 13.5. The summed E-state index contributed by atoms with van der Waals surface area (Å²) in [4.78, 5) is 20.8. The fourth-order valence-corrected chi connectivity index (χ4v) is 1.28. The van der Waals surface area contributed by atoms with Crippen molar-refractivity contribution in [1.29, 1.82) is 0 Å². The van der Waals surface area contributed by atoms with Crippen LogP contribution in [0.4, 0.5) is 16.4 Å². The second-order valence-corrected chi connectivity index (χ2v) is 3.89. The Kier molecular flexibility index (Phi) is 5.12. The van der Waals surface area contributed by atoms with E-state index in [1.54, 1.807) is 14.1 Å². The van der Waals surface area contributed by atoms with E-state index in [0.717, 1.165) is 5.56 Å². The fourth-order valence-electron chi connectivity index (χ4n) is 1.28. The normalized spacial score (nSPS) is 9.78. The number of nitrogens with two attached hydrogens (primary N) is 1. The van der Waals surface area contributed by atoms with Crippen LogP contribution in [-0.4, -0.2) is 48.1 Å². The molecule has 2 amide bonds. The minimum Gasteiger partial charge on any atom is -0.368 e. The summed E-state index contributed by atoms with van der Waals surface area (Å²) in [5.74, 6) is 6.58. The van der Waals surface area contributed by atoms with Gasteiger partial charge in [0.1, 0.15) is 18.0 Å². The number of anilines is 2. The van der Waals surface area contributed by atoms with Gasteiger partial charge in [0, 0.05) is 32.7 Å². The van der Waals surface area contributed by atoms with Crippen LogP contribution in [0.2, 0.25) is 0 Å². The highest BCUT2D eigenvalue weighted by Crippen LogP contribution is 2.16. The van der Waals surface area contributed by atoms with Gasteiger partial charge < -0.3 is 21.0 Å². The third-order valence-corrected chi connectivity index (χ3v) is 2.32. The van der Waals surface area contributed by atoms with Gasteiger partial charge in [-0.05, 0) is 6.92 Å². The Labute approximate surface area is 106 Å². The van der Waals surface area contributed by atoms with E-state index >= 15 is 0 Å². The topological polar surface area (TPSA) is 108 Å². The summed E-state index contributed by atoms with van der Waals surface area (Å²) in [5, 5.41) is 5.84. The van der Waals surface area contributed by atoms with Gasteiger partial charge in [-0.25, -0.2) is 20.6 Å². The molecule has 0 radical (unpaired) electrons. The number of hydrazine groups is 1. The van der Waals surface area contributed by atoms with Crippen LogP contribution >= 0.6 is 0 Å². The van der Waals surface area contributed by atoms with E-state index in [2.05, 4.69) is 26.0 Å². The minimum atomic E-state index is -0.125. The molecule has 100 valence electrons. The van der Waals surface area contributed by atoms with Gasteiger partial charge in [-0.1, -0.05) is 0 Å². The number of carbonyl (C=O) groups excluding carboxylic acids is 1. The summed E-state index contributed by atoms with van der Waals surface area (Å²) in [5.41, 5.74) is 3.32. The van der Waals surface area contributed by atoms with Crippen molar-refractivity contribution in [2.24, 2.45) is 5.84 Å². The van der Waals surface area contributed by atoms with Gasteiger partial charge in [-0.15, -0.1) is 0 Å². The molecule has 1 heterocycles. The third kappa shape index (κ3) is 3.74. The van der Waals surface area contributed by atoms with Crippen molar-refractivity contribution < 1.29 is 4.79 Å². The van der Waals surface area contributed by atoms with Crippen LogP contribution in [0.1, 0.15) is 5.56 Å². The van der Waals surface area contributed by atoms with Crippen LogP contribution in [-0.2, 0) is 0 Å². The first-order valence-electron chi connectivity index (χ1n) is 5.53. The van der Waals surface area contributed by atoms with Crippen molar-refractivity contribution >= 4 is 17.7 Å². The maximum absolute atomic E-state index is 11.3. The van der Waals surface area contributed by atoms with Crippen LogP contribution in [0.25, 0.3) is 0 Å². The van der Waals surface area contributed by atoms with E-state index < -0.39 is 0 Å². The molecule has 1 aromatic rings. The molecule has 0 aliphatic carbocycles. The molecule has 8 heteroatoms. The van der Waals surface area contributed by atoms with Gasteiger partial charge >= 0.3 is 6.03 Å². The SMILES string of the molecule is Cc1c(NN)ncnc1NCCNC(=O)N(C)C. The highest BCUT2D eigenvalue weighted by Gasteiger charge is 2.05. The summed E-state index contributed by atoms with van der Waals surface area (Å²) in [6.07, 6.45) is 1.42. The van der Waals surface area contributed by atoms with Crippen molar-refractivity contribution in [1.82, 2.24) is 20.2 Å². The summed E-state index contributed by atoms with van der Waals surface area (Å²) in [6.45, 7) is 2.93. The average Bonchev–Trinajstić information content (AvgIpc) is 2.35. The molecule has 0 spiro atoms. The number of amides is 2. The van der Waals surface area contributed by atoms with Gasteiger partial charge in [0.05, 0.1) is 0 Å². The second kappa shape index (κ2) is 6.60. The Bertz CT molecular complexity index is 407. The lowest BCUT2D eigenvalue weighted by atomic mass is 10.3. The second-order valence-electron chi connectivity index (χ2n) is 3.89. The Morgan fingerprint density at radius 3 is 2.61 bits per heavy atom. The monoisotopic (exact) mass is 253 g/mol. The van der Waals surface area contributed by atoms with Gasteiger partial charge in [-0.2, -0.15) is 0 Å². The van der Waals surface area contributed by atoms with Crippen LogP contribution in [0, 0.1) is 6.92 Å². The van der Waals surface area contributed by atoms with Gasteiger partial charge in [0.25, 0.3) is 0 Å². The van der Waals surface area contributed by atoms with Crippen LogP contribution < -0.4 is 21.9 Å². The van der Waals surface area contributed by atoms with Crippen molar-refractivity contribution in [2.75, 3.05) is 37.9 Å². The van der Waals surface area contributed by atoms with E-state index in [9.17, 15) is 4.79 Å². The predicted molar refractivity (Wildman–Crippen MR) is 70.2 cm³/mol. The highest BCUT2D eigenvalue weighted by molar-refractivity contribution is 5.73. The molecule has 0 aromatic carbocycles. The Balaban J connectivity index is 2.42. The molecule has 0 aliphatic rings. The predicted octanol–water partition coefficient (Wildman–Crippen LogP) is -0.246. The summed E-state index contributed by atoms with van der Waals surface area (Å²) >= 11 is 0. The maximum atomic E-state index is 11.3. The lowest BCUT2D eigenvalue weighted by Gasteiger charge is -2.13. The van der Waals surface area contributed by atoms with Crippen molar-refractivity contribution in [3.05, 3.63) is 11.9 Å². The zero-order valence-corrected chi connectivity index (χ0v) is 10.8. The number of hydrogen-bond acceptors (Lipinski definition) is 6. The molecule has 0 aliphatic heterocycles. The fraction of sp³-hybridized carbons (Fsp3) is 0.500. The first kappa shape index (κ1) is 14.0. The van der Waals surface area contributed by atoms with Crippen LogP contribution in [0.15, 0.2) is 6.33 Å². The largest absolute Gasteiger partial charge is 0.368 e. The zero-order valence-electron chi connectivity index (χ0n) is 10.8. The van der Waals surface area contributed by atoms with E-state index in [0.29, 0.717) is 24.7 Å². The Hall–Kier alpha value is -2.09. The lowest BCUT2D eigenvalue weighted by molar-refractivity contribution is 0.218. The molecule has 18 heavy (non-hydrogen) atoms. The number of carbonyl (C=O) groups is 1. The van der Waals surface area contributed by atoms with E-state index in [4.69, 9.17) is 5.84 Å². The lowest BCUT2D eigenvalue weighted by Crippen LogP contribution is -2.37. The number of hydrogen-bond donors (Lipinski definition) is 4. The smallest absolute Gasteiger partial charge is 0.316 e. The van der Waals surface area contributed by atoms with Crippen LogP contribution in [0.5, 0.6) is 0 Å². The average molecular weight is 253 g/mol. The van der Waals surface area contributed by atoms with E-state index in [-0.39, 0.29) is 6.03 Å². The van der Waals surface area contributed by atoms with E-state index in [1.165, 1.54) is 11.2 Å². The number of nitrogens with zero attached hydrogens (tertiary/aromatic N) is 3. The van der Waals surface area contributed by atoms with E-state index in [1.807, 2.05) is 6.92 Å². The maximum Gasteiger partial charge on any atom is 0.316 e. The standard InChI is InChI=1S/C10H19N7O/c1-7-8(14-6-15-9(7)16-11)12-4-5-13-10(18)17(2)3/h6H,4-5,11H2,1-3H3,(H,13,18)(H2,12,14,15,16). The molecular formula is C10H19N7O. The van der Waals surface area contributed by atoms with Crippen molar-refractivity contribution in [3.63, 3.8) is 0 Å². The summed E-state index contributed by atoms with van der Waals surface area (Å²) in [7, 11) is 3.38. The molecule has 0 fully saturated rings. The summed E-state index contributed by atoms with van der Waals surface area (Å²) in [6, 6.07) is -0.125. The first-order valence-corrected chi connectivity index (χ1v) is 5.53. The number of urea groups is 1. The Morgan fingerprint density at radius 2 is 2.00 bits per heavy atom. The van der Waals surface area contributed by atoms with Crippen LogP contribution in [0.3, 0.4) is 0 Å². The number of nitrogens with one attached hydrogen (secondary N) is 3. The Morgan fingerprint density at radius 1 is 1.33 bits per heavy atom. The third-order valence-electron chi connectivity index (χ3n) is 2.32. The number of aromatic nitrogens is 2. The molecule has 5 N–H and O–H groups in total. The van der Waals surface area contributed by atoms with Gasteiger partial charge in [0.2, 0.25) is 0 Å². The molecule has 0 saturated heterocycles. The molecule has 1 rings (SSSR count). The number of rotatable bonds is 5. The van der Waals surface area contributed by atoms with Crippen molar-refractivity contribution in [3.8, 4) is 0 Å². The quantitative estimate of drug-likeness (QED) is 0.327. The molecule has 0 unspecified atom stereocenters. The highest BCUT2D eigenvalue weighted by atomic mass is 16.2. The molecule has 8 nitrogen and oxygen atoms in total.